The van der Waals surface area contributed by atoms with E-state index in [1.165, 1.54) is 11.1 Å². The molecule has 2 heterocycles. The Kier molecular flexibility index (Phi) is 2.52. The van der Waals surface area contributed by atoms with Gasteiger partial charge in [0.15, 0.2) is 0 Å². The lowest BCUT2D eigenvalue weighted by Gasteiger charge is -2.18. The van der Waals surface area contributed by atoms with Crippen molar-refractivity contribution in [2.75, 3.05) is 0 Å². The Balaban J connectivity index is 1.93. The second-order valence-corrected chi connectivity index (χ2v) is 5.00. The SMILES string of the molecule is OC(c1cccs1)C1NCc2ccccc21. The fourth-order valence-corrected chi connectivity index (χ4v) is 2.98. The summed E-state index contributed by atoms with van der Waals surface area (Å²) in [5.74, 6) is 0. The van der Waals surface area contributed by atoms with Gasteiger partial charge >= 0.3 is 0 Å². The zero-order valence-electron chi connectivity index (χ0n) is 8.76. The molecule has 0 saturated carbocycles. The third kappa shape index (κ3) is 1.57. The predicted octanol–water partition coefficient (Wildman–Crippen LogP) is 2.63. The molecule has 0 amide bonds. The number of rotatable bonds is 2. The number of hydrogen-bond donors (Lipinski definition) is 2. The molecule has 0 fully saturated rings. The highest BCUT2D eigenvalue weighted by Crippen LogP contribution is 2.36. The predicted molar refractivity (Wildman–Crippen MR) is 65.3 cm³/mol. The van der Waals surface area contributed by atoms with Gasteiger partial charge in [-0.3, -0.25) is 0 Å². The maximum Gasteiger partial charge on any atom is 0.108 e. The largest absolute Gasteiger partial charge is 0.386 e. The van der Waals surface area contributed by atoms with E-state index in [4.69, 9.17) is 0 Å². The van der Waals surface area contributed by atoms with Crippen LogP contribution in [0.4, 0.5) is 0 Å². The molecule has 2 unspecified atom stereocenters. The molecule has 0 radical (unpaired) electrons. The number of benzene rings is 1. The monoisotopic (exact) mass is 231 g/mol. The summed E-state index contributed by atoms with van der Waals surface area (Å²) in [4.78, 5) is 1.02. The minimum atomic E-state index is -0.441. The van der Waals surface area contributed by atoms with Gasteiger partial charge in [0.2, 0.25) is 0 Å². The summed E-state index contributed by atoms with van der Waals surface area (Å²) in [6.45, 7) is 0.850. The molecule has 2 atom stereocenters. The summed E-state index contributed by atoms with van der Waals surface area (Å²) in [6.07, 6.45) is -0.441. The first-order valence-electron chi connectivity index (χ1n) is 5.39. The van der Waals surface area contributed by atoms with Gasteiger partial charge in [-0.25, -0.2) is 0 Å². The fraction of sp³-hybridized carbons (Fsp3) is 0.231. The lowest BCUT2D eigenvalue weighted by atomic mass is 10.00. The zero-order chi connectivity index (χ0) is 11.0. The molecular weight excluding hydrogens is 218 g/mol. The fourth-order valence-electron chi connectivity index (χ4n) is 2.23. The molecule has 2 aromatic rings. The molecule has 0 aliphatic carbocycles. The number of hydrogen-bond acceptors (Lipinski definition) is 3. The van der Waals surface area contributed by atoms with Crippen molar-refractivity contribution in [1.82, 2.24) is 5.32 Å². The van der Waals surface area contributed by atoms with E-state index in [9.17, 15) is 5.11 Å². The molecule has 82 valence electrons. The standard InChI is InChI=1S/C13H13NOS/c15-13(11-6-3-7-16-11)12-10-5-2-1-4-9(10)8-14-12/h1-7,12-15H,8H2. The van der Waals surface area contributed by atoms with E-state index < -0.39 is 6.10 Å². The van der Waals surface area contributed by atoms with Crippen LogP contribution in [0, 0.1) is 0 Å². The average Bonchev–Trinajstić information content (AvgIpc) is 2.98. The van der Waals surface area contributed by atoms with Crippen LogP contribution >= 0.6 is 11.3 Å². The van der Waals surface area contributed by atoms with Crippen molar-refractivity contribution >= 4 is 11.3 Å². The number of fused-ring (bicyclic) bond motifs is 1. The lowest BCUT2D eigenvalue weighted by Crippen LogP contribution is -2.19. The van der Waals surface area contributed by atoms with Crippen molar-refractivity contribution in [1.29, 1.82) is 0 Å². The summed E-state index contributed by atoms with van der Waals surface area (Å²) >= 11 is 1.60. The summed E-state index contributed by atoms with van der Waals surface area (Å²) in [5, 5.41) is 15.7. The molecule has 1 aliphatic heterocycles. The first kappa shape index (κ1) is 10.0. The van der Waals surface area contributed by atoms with Crippen LogP contribution in [0.2, 0.25) is 0 Å². The Morgan fingerprint density at radius 2 is 2.12 bits per heavy atom. The van der Waals surface area contributed by atoms with Crippen LogP contribution < -0.4 is 5.32 Å². The van der Waals surface area contributed by atoms with Crippen molar-refractivity contribution in [2.24, 2.45) is 0 Å². The average molecular weight is 231 g/mol. The lowest BCUT2D eigenvalue weighted by molar-refractivity contribution is 0.137. The van der Waals surface area contributed by atoms with E-state index in [1.807, 2.05) is 29.6 Å². The minimum absolute atomic E-state index is 0.0369. The first-order chi connectivity index (χ1) is 7.86. The third-order valence-corrected chi connectivity index (χ3v) is 4.00. The van der Waals surface area contributed by atoms with Crippen LogP contribution in [0.25, 0.3) is 0 Å². The van der Waals surface area contributed by atoms with Crippen molar-refractivity contribution in [3.8, 4) is 0 Å². The van der Waals surface area contributed by atoms with Crippen LogP contribution in [-0.2, 0) is 6.54 Å². The Hall–Kier alpha value is -1.16. The Morgan fingerprint density at radius 1 is 1.25 bits per heavy atom. The number of nitrogens with one attached hydrogen (secondary N) is 1. The Morgan fingerprint density at radius 3 is 2.94 bits per heavy atom. The smallest absolute Gasteiger partial charge is 0.108 e. The van der Waals surface area contributed by atoms with Crippen molar-refractivity contribution in [2.45, 2.75) is 18.7 Å². The molecular formula is C13H13NOS. The second kappa shape index (κ2) is 4.01. The summed E-state index contributed by atoms with van der Waals surface area (Å²) in [7, 11) is 0. The van der Waals surface area contributed by atoms with Gasteiger partial charge in [0, 0.05) is 11.4 Å². The quantitative estimate of drug-likeness (QED) is 0.832. The summed E-state index contributed by atoms with van der Waals surface area (Å²) in [6, 6.07) is 12.3. The van der Waals surface area contributed by atoms with E-state index in [0.717, 1.165) is 11.4 Å². The molecule has 3 rings (SSSR count). The van der Waals surface area contributed by atoms with Gasteiger partial charge in [0.1, 0.15) is 6.10 Å². The highest BCUT2D eigenvalue weighted by atomic mass is 32.1. The van der Waals surface area contributed by atoms with E-state index in [2.05, 4.69) is 17.4 Å². The number of aliphatic hydroxyl groups is 1. The topological polar surface area (TPSA) is 32.3 Å². The minimum Gasteiger partial charge on any atom is -0.386 e. The summed E-state index contributed by atoms with van der Waals surface area (Å²) < 4.78 is 0. The normalized spacial score (nSPS) is 20.7. The highest BCUT2D eigenvalue weighted by Gasteiger charge is 2.29. The molecule has 1 aromatic carbocycles. The van der Waals surface area contributed by atoms with Gasteiger partial charge in [-0.05, 0) is 22.6 Å². The van der Waals surface area contributed by atoms with Crippen LogP contribution in [0.15, 0.2) is 41.8 Å². The van der Waals surface area contributed by atoms with E-state index in [1.54, 1.807) is 11.3 Å². The van der Waals surface area contributed by atoms with Gasteiger partial charge in [-0.15, -0.1) is 11.3 Å². The van der Waals surface area contributed by atoms with Gasteiger partial charge < -0.3 is 10.4 Å². The second-order valence-electron chi connectivity index (χ2n) is 4.02. The first-order valence-corrected chi connectivity index (χ1v) is 6.27. The number of thiophene rings is 1. The van der Waals surface area contributed by atoms with Gasteiger partial charge in [0.05, 0.1) is 6.04 Å². The van der Waals surface area contributed by atoms with Crippen molar-refractivity contribution in [3.05, 3.63) is 57.8 Å². The van der Waals surface area contributed by atoms with Crippen LogP contribution in [0.1, 0.15) is 28.1 Å². The van der Waals surface area contributed by atoms with Crippen molar-refractivity contribution < 1.29 is 5.11 Å². The molecule has 2 nitrogen and oxygen atoms in total. The Labute approximate surface area is 98.6 Å². The summed E-state index contributed by atoms with van der Waals surface area (Å²) in [5.41, 5.74) is 2.52. The number of aliphatic hydroxyl groups excluding tert-OH is 1. The van der Waals surface area contributed by atoms with E-state index in [0.29, 0.717) is 0 Å². The van der Waals surface area contributed by atoms with Crippen LogP contribution in [0.3, 0.4) is 0 Å². The van der Waals surface area contributed by atoms with E-state index in [-0.39, 0.29) is 6.04 Å². The molecule has 0 saturated heterocycles. The van der Waals surface area contributed by atoms with Gasteiger partial charge in [0.25, 0.3) is 0 Å². The Bertz CT molecular complexity index is 480. The molecule has 2 N–H and O–H groups in total. The van der Waals surface area contributed by atoms with Gasteiger partial charge in [-0.2, -0.15) is 0 Å². The maximum absolute atomic E-state index is 10.3. The molecule has 0 bridgehead atoms. The highest BCUT2D eigenvalue weighted by molar-refractivity contribution is 7.10. The molecule has 16 heavy (non-hydrogen) atoms. The van der Waals surface area contributed by atoms with Crippen LogP contribution in [0.5, 0.6) is 0 Å². The van der Waals surface area contributed by atoms with Gasteiger partial charge in [-0.1, -0.05) is 30.3 Å². The molecule has 0 spiro atoms. The van der Waals surface area contributed by atoms with Crippen molar-refractivity contribution in [3.63, 3.8) is 0 Å². The van der Waals surface area contributed by atoms with E-state index >= 15 is 0 Å². The molecule has 3 heteroatoms. The van der Waals surface area contributed by atoms with Crippen LogP contribution in [-0.4, -0.2) is 5.11 Å². The third-order valence-electron chi connectivity index (χ3n) is 3.05. The maximum atomic E-state index is 10.3. The molecule has 1 aromatic heterocycles. The zero-order valence-corrected chi connectivity index (χ0v) is 9.58. The molecule has 1 aliphatic rings.